The maximum Gasteiger partial charge on any atom is 0.0101 e. The van der Waals surface area contributed by atoms with Crippen molar-refractivity contribution in [1.82, 2.24) is 5.32 Å². The summed E-state index contributed by atoms with van der Waals surface area (Å²) in [5.74, 6) is 0.492. The minimum atomic E-state index is 0. The lowest BCUT2D eigenvalue weighted by atomic mass is 9.88. The Kier molecular flexibility index (Phi) is 7.24. The van der Waals surface area contributed by atoms with Crippen molar-refractivity contribution in [3.8, 4) is 0 Å². The Bertz CT molecular complexity index is 402. The van der Waals surface area contributed by atoms with E-state index >= 15 is 0 Å². The number of nitrogens with one attached hydrogen (secondary N) is 1. The first-order valence-corrected chi connectivity index (χ1v) is 6.72. The zero-order valence-electron chi connectivity index (χ0n) is 11.4. The molecule has 2 aromatic rings. The number of rotatable bonds is 6. The van der Waals surface area contributed by atoms with Crippen LogP contribution >= 0.6 is 12.4 Å². The van der Waals surface area contributed by atoms with Crippen molar-refractivity contribution in [3.05, 3.63) is 71.8 Å². The first kappa shape index (κ1) is 15.7. The van der Waals surface area contributed by atoms with Gasteiger partial charge in [0.1, 0.15) is 0 Å². The summed E-state index contributed by atoms with van der Waals surface area (Å²) < 4.78 is 0. The molecule has 1 nitrogen and oxygen atoms in total. The van der Waals surface area contributed by atoms with Gasteiger partial charge in [-0.2, -0.15) is 0 Å². The lowest BCUT2D eigenvalue weighted by molar-refractivity contribution is 0.628. The molecule has 0 spiro atoms. The van der Waals surface area contributed by atoms with E-state index in [1.54, 1.807) is 0 Å². The van der Waals surface area contributed by atoms with Crippen molar-refractivity contribution in [1.29, 1.82) is 0 Å². The van der Waals surface area contributed by atoms with Gasteiger partial charge in [-0.1, -0.05) is 67.6 Å². The van der Waals surface area contributed by atoms with E-state index in [0.29, 0.717) is 5.92 Å². The zero-order chi connectivity index (χ0) is 12.6. The van der Waals surface area contributed by atoms with Crippen LogP contribution in [0, 0.1) is 0 Å². The van der Waals surface area contributed by atoms with Crippen LogP contribution < -0.4 is 5.32 Å². The standard InChI is InChI=1S/C17H21N.ClH/c1-2-18-14-13-17(15-9-5-3-6-10-15)16-11-7-4-8-12-16;/h3-12,17-18H,2,13-14H2,1H3;1H. The second kappa shape index (κ2) is 8.73. The molecule has 0 bridgehead atoms. The Hall–Kier alpha value is -1.31. The lowest BCUT2D eigenvalue weighted by Crippen LogP contribution is -2.17. The molecular formula is C17H22ClN. The van der Waals surface area contributed by atoms with Crippen molar-refractivity contribution in [2.75, 3.05) is 13.1 Å². The Morgan fingerprint density at radius 3 is 1.74 bits per heavy atom. The quantitative estimate of drug-likeness (QED) is 0.778. The van der Waals surface area contributed by atoms with Gasteiger partial charge in [0.25, 0.3) is 0 Å². The summed E-state index contributed by atoms with van der Waals surface area (Å²) in [5, 5.41) is 3.42. The number of hydrogen-bond acceptors (Lipinski definition) is 1. The fourth-order valence-corrected chi connectivity index (χ4v) is 2.32. The molecule has 102 valence electrons. The molecule has 19 heavy (non-hydrogen) atoms. The van der Waals surface area contributed by atoms with Crippen LogP contribution in [0.5, 0.6) is 0 Å². The Morgan fingerprint density at radius 2 is 1.32 bits per heavy atom. The average molecular weight is 276 g/mol. The average Bonchev–Trinajstić information content (AvgIpc) is 2.46. The van der Waals surface area contributed by atoms with Gasteiger partial charge in [0.2, 0.25) is 0 Å². The highest BCUT2D eigenvalue weighted by molar-refractivity contribution is 5.85. The highest BCUT2D eigenvalue weighted by atomic mass is 35.5. The third-order valence-corrected chi connectivity index (χ3v) is 3.26. The molecule has 0 fully saturated rings. The molecule has 2 rings (SSSR count). The summed E-state index contributed by atoms with van der Waals surface area (Å²) in [6.45, 7) is 4.25. The third kappa shape index (κ3) is 4.70. The van der Waals surface area contributed by atoms with Crippen molar-refractivity contribution >= 4 is 12.4 Å². The second-order valence-corrected chi connectivity index (χ2v) is 4.52. The van der Waals surface area contributed by atoms with Gasteiger partial charge < -0.3 is 5.32 Å². The minimum absolute atomic E-state index is 0. The van der Waals surface area contributed by atoms with Crippen LogP contribution in [0.25, 0.3) is 0 Å². The Labute approximate surface area is 122 Å². The topological polar surface area (TPSA) is 12.0 Å². The van der Waals surface area contributed by atoms with E-state index in [1.165, 1.54) is 11.1 Å². The summed E-state index contributed by atoms with van der Waals surface area (Å²) in [7, 11) is 0. The maximum absolute atomic E-state index is 3.42. The van der Waals surface area contributed by atoms with E-state index in [0.717, 1.165) is 19.5 Å². The van der Waals surface area contributed by atoms with Crippen LogP contribution in [0.15, 0.2) is 60.7 Å². The van der Waals surface area contributed by atoms with E-state index in [1.807, 2.05) is 0 Å². The molecular weight excluding hydrogens is 254 g/mol. The van der Waals surface area contributed by atoms with Gasteiger partial charge in [-0.25, -0.2) is 0 Å². The largest absolute Gasteiger partial charge is 0.317 e. The van der Waals surface area contributed by atoms with Gasteiger partial charge in [-0.05, 0) is 30.6 Å². The van der Waals surface area contributed by atoms with Crippen molar-refractivity contribution in [2.45, 2.75) is 19.3 Å². The predicted octanol–water partition coefficient (Wildman–Crippen LogP) is 4.24. The van der Waals surface area contributed by atoms with Crippen LogP contribution in [0.1, 0.15) is 30.4 Å². The minimum Gasteiger partial charge on any atom is -0.317 e. The molecule has 0 aromatic heterocycles. The summed E-state index contributed by atoms with van der Waals surface area (Å²) in [5.41, 5.74) is 2.81. The normalized spacial score (nSPS) is 10.2. The van der Waals surface area contributed by atoms with Crippen LogP contribution in [0.2, 0.25) is 0 Å². The summed E-state index contributed by atoms with van der Waals surface area (Å²) in [6, 6.07) is 21.6. The summed E-state index contributed by atoms with van der Waals surface area (Å²) in [6.07, 6.45) is 1.14. The Morgan fingerprint density at radius 1 is 0.842 bits per heavy atom. The fourth-order valence-electron chi connectivity index (χ4n) is 2.32. The summed E-state index contributed by atoms with van der Waals surface area (Å²) >= 11 is 0. The highest BCUT2D eigenvalue weighted by Crippen LogP contribution is 2.27. The van der Waals surface area contributed by atoms with Crippen molar-refractivity contribution in [3.63, 3.8) is 0 Å². The predicted molar refractivity (Wildman–Crippen MR) is 85.1 cm³/mol. The molecule has 0 aliphatic carbocycles. The first-order valence-electron chi connectivity index (χ1n) is 6.72. The zero-order valence-corrected chi connectivity index (χ0v) is 12.2. The number of hydrogen-bond donors (Lipinski definition) is 1. The van der Waals surface area contributed by atoms with Crippen LogP contribution in [0.4, 0.5) is 0 Å². The summed E-state index contributed by atoms with van der Waals surface area (Å²) in [4.78, 5) is 0. The molecule has 0 heterocycles. The first-order chi connectivity index (χ1) is 8.92. The number of halogens is 1. The Balaban J connectivity index is 0.00000180. The van der Waals surface area contributed by atoms with Crippen LogP contribution in [-0.2, 0) is 0 Å². The maximum atomic E-state index is 3.42. The SMILES string of the molecule is CCNCCC(c1ccccc1)c1ccccc1.Cl. The molecule has 0 aliphatic rings. The molecule has 0 amide bonds. The van der Waals surface area contributed by atoms with Gasteiger partial charge in [-0.3, -0.25) is 0 Å². The van der Waals surface area contributed by atoms with E-state index in [9.17, 15) is 0 Å². The molecule has 0 atom stereocenters. The van der Waals surface area contributed by atoms with E-state index in [-0.39, 0.29) is 12.4 Å². The van der Waals surface area contributed by atoms with E-state index < -0.39 is 0 Å². The second-order valence-electron chi connectivity index (χ2n) is 4.52. The highest BCUT2D eigenvalue weighted by Gasteiger charge is 2.12. The molecule has 0 saturated carbocycles. The van der Waals surface area contributed by atoms with Crippen molar-refractivity contribution < 1.29 is 0 Å². The molecule has 0 unspecified atom stereocenters. The van der Waals surface area contributed by atoms with Gasteiger partial charge in [0.15, 0.2) is 0 Å². The van der Waals surface area contributed by atoms with E-state index in [4.69, 9.17) is 0 Å². The molecule has 2 aromatic carbocycles. The smallest absolute Gasteiger partial charge is 0.0101 e. The van der Waals surface area contributed by atoms with Gasteiger partial charge in [0.05, 0.1) is 0 Å². The number of benzene rings is 2. The van der Waals surface area contributed by atoms with Crippen LogP contribution in [0.3, 0.4) is 0 Å². The fraction of sp³-hybridized carbons (Fsp3) is 0.294. The molecule has 1 N–H and O–H groups in total. The van der Waals surface area contributed by atoms with Gasteiger partial charge >= 0.3 is 0 Å². The van der Waals surface area contributed by atoms with Crippen molar-refractivity contribution in [2.24, 2.45) is 0 Å². The van der Waals surface area contributed by atoms with Gasteiger partial charge in [-0.15, -0.1) is 12.4 Å². The lowest BCUT2D eigenvalue weighted by Gasteiger charge is -2.18. The van der Waals surface area contributed by atoms with E-state index in [2.05, 4.69) is 72.9 Å². The molecule has 2 heteroatoms. The third-order valence-electron chi connectivity index (χ3n) is 3.26. The molecule has 0 radical (unpaired) electrons. The molecule has 0 saturated heterocycles. The van der Waals surface area contributed by atoms with Crippen LogP contribution in [-0.4, -0.2) is 13.1 Å². The monoisotopic (exact) mass is 275 g/mol. The molecule has 0 aliphatic heterocycles. The van der Waals surface area contributed by atoms with Gasteiger partial charge in [0, 0.05) is 5.92 Å².